The van der Waals surface area contributed by atoms with Crippen molar-refractivity contribution < 1.29 is 19.0 Å². The Balaban J connectivity index is 1.78. The highest BCUT2D eigenvalue weighted by atomic mass is 32.1. The van der Waals surface area contributed by atoms with Gasteiger partial charge in [0.15, 0.2) is 5.11 Å². The molecule has 1 aliphatic rings. The van der Waals surface area contributed by atoms with E-state index in [0.29, 0.717) is 29.7 Å². The van der Waals surface area contributed by atoms with E-state index in [9.17, 15) is 4.79 Å². The number of hydrogen-bond acceptors (Lipinski definition) is 6. The molecule has 35 heavy (non-hydrogen) atoms. The van der Waals surface area contributed by atoms with Gasteiger partial charge in [0.1, 0.15) is 18.4 Å². The van der Waals surface area contributed by atoms with Crippen LogP contribution in [0.2, 0.25) is 0 Å². The molecule has 2 N–H and O–H groups in total. The molecule has 0 unspecified atom stereocenters. The topological polar surface area (TPSA) is 89.9 Å². The van der Waals surface area contributed by atoms with Crippen LogP contribution in [0.25, 0.3) is 0 Å². The van der Waals surface area contributed by atoms with Gasteiger partial charge in [-0.25, -0.2) is 0 Å². The van der Waals surface area contributed by atoms with Crippen molar-refractivity contribution in [1.29, 1.82) is 0 Å². The third-order valence-electron chi connectivity index (χ3n) is 5.81. The zero-order valence-electron chi connectivity index (χ0n) is 19.9. The Morgan fingerprint density at radius 1 is 1.14 bits per heavy atom. The van der Waals surface area contributed by atoms with Crippen LogP contribution in [-0.2, 0) is 20.8 Å². The number of rotatable bonds is 10. The smallest absolute Gasteiger partial charge is 0.250 e. The van der Waals surface area contributed by atoms with E-state index in [0.717, 1.165) is 17.1 Å². The summed E-state index contributed by atoms with van der Waals surface area (Å²) in [6.45, 7) is 1.22. The summed E-state index contributed by atoms with van der Waals surface area (Å²) in [5.41, 5.74) is 3.28. The maximum Gasteiger partial charge on any atom is 0.250 e. The number of amides is 1. The van der Waals surface area contributed by atoms with Crippen LogP contribution in [0, 0.1) is 0 Å². The largest absolute Gasteiger partial charge is 0.495 e. The number of ether oxygens (including phenoxy) is 3. The van der Waals surface area contributed by atoms with Crippen molar-refractivity contribution in [3.05, 3.63) is 72.3 Å². The lowest BCUT2D eigenvalue weighted by Crippen LogP contribution is -2.30. The molecule has 0 saturated carbocycles. The highest BCUT2D eigenvalue weighted by molar-refractivity contribution is 7.80. The number of carbonyl (C=O) groups excluding carboxylic acids is 1. The fourth-order valence-corrected chi connectivity index (χ4v) is 4.63. The maximum absolute atomic E-state index is 12.2. The minimum absolute atomic E-state index is 0.0611. The van der Waals surface area contributed by atoms with Gasteiger partial charge in [-0.2, -0.15) is 0 Å². The SMILES string of the molecule is COCCn1cccc1[C@@H]1[C@H](c2ccccn2)NC(=S)N1c1ccc(OC)c(NC(=O)COC)c1. The van der Waals surface area contributed by atoms with Crippen LogP contribution in [0.4, 0.5) is 11.4 Å². The molecule has 0 spiro atoms. The summed E-state index contributed by atoms with van der Waals surface area (Å²) in [4.78, 5) is 18.9. The number of benzene rings is 1. The third-order valence-corrected chi connectivity index (χ3v) is 6.13. The lowest BCUT2D eigenvalue weighted by Gasteiger charge is -2.29. The van der Waals surface area contributed by atoms with Crippen molar-refractivity contribution in [2.24, 2.45) is 0 Å². The molecule has 3 heterocycles. The Morgan fingerprint density at radius 2 is 2.00 bits per heavy atom. The van der Waals surface area contributed by atoms with Crippen LogP contribution in [0.1, 0.15) is 23.5 Å². The van der Waals surface area contributed by atoms with Crippen LogP contribution >= 0.6 is 12.2 Å². The number of nitrogens with zero attached hydrogens (tertiary/aromatic N) is 3. The minimum Gasteiger partial charge on any atom is -0.495 e. The van der Waals surface area contributed by atoms with Crippen molar-refractivity contribution in [1.82, 2.24) is 14.9 Å². The predicted octanol–water partition coefficient (Wildman–Crippen LogP) is 3.30. The van der Waals surface area contributed by atoms with Crippen molar-refractivity contribution in [2.45, 2.75) is 18.6 Å². The molecule has 2 aromatic heterocycles. The van der Waals surface area contributed by atoms with Crippen LogP contribution < -0.4 is 20.3 Å². The Bertz CT molecular complexity index is 1170. The van der Waals surface area contributed by atoms with E-state index in [1.165, 1.54) is 7.11 Å². The van der Waals surface area contributed by atoms with E-state index < -0.39 is 0 Å². The van der Waals surface area contributed by atoms with Crippen molar-refractivity contribution >= 4 is 34.6 Å². The molecule has 1 aromatic carbocycles. The van der Waals surface area contributed by atoms with Gasteiger partial charge in [0, 0.05) is 44.5 Å². The first kappa shape index (κ1) is 24.6. The summed E-state index contributed by atoms with van der Waals surface area (Å²) in [6.07, 6.45) is 3.81. The van der Waals surface area contributed by atoms with E-state index in [-0.39, 0.29) is 24.6 Å². The number of methoxy groups -OCH3 is 3. The quantitative estimate of drug-likeness (QED) is 0.414. The molecule has 0 radical (unpaired) electrons. The van der Waals surface area contributed by atoms with Crippen LogP contribution in [0.15, 0.2) is 60.9 Å². The van der Waals surface area contributed by atoms with E-state index in [4.69, 9.17) is 26.4 Å². The molecular formula is C25H29N5O4S. The molecule has 1 fully saturated rings. The van der Waals surface area contributed by atoms with Gasteiger partial charge in [-0.05, 0) is 54.7 Å². The van der Waals surface area contributed by atoms with E-state index in [1.54, 1.807) is 20.4 Å². The molecule has 1 aliphatic heterocycles. The normalized spacial score (nSPS) is 17.3. The number of aromatic nitrogens is 2. The summed E-state index contributed by atoms with van der Waals surface area (Å²) in [7, 11) is 4.73. The Labute approximate surface area is 210 Å². The second kappa shape index (κ2) is 11.3. The fraction of sp³-hybridized carbons (Fsp3) is 0.320. The molecule has 1 amide bonds. The first-order chi connectivity index (χ1) is 17.1. The molecule has 9 nitrogen and oxygen atoms in total. The number of carbonyl (C=O) groups is 1. The van der Waals surface area contributed by atoms with Crippen LogP contribution in [-0.4, -0.2) is 55.1 Å². The molecule has 184 valence electrons. The van der Waals surface area contributed by atoms with Crippen molar-refractivity contribution in [3.63, 3.8) is 0 Å². The lowest BCUT2D eigenvalue weighted by molar-refractivity contribution is -0.119. The van der Waals surface area contributed by atoms with E-state index >= 15 is 0 Å². The van der Waals surface area contributed by atoms with Crippen LogP contribution in [0.5, 0.6) is 5.75 Å². The average molecular weight is 496 g/mol. The fourth-order valence-electron chi connectivity index (χ4n) is 4.28. The number of pyridine rings is 1. The molecule has 3 aromatic rings. The van der Waals surface area contributed by atoms with Gasteiger partial charge in [0.2, 0.25) is 5.91 Å². The molecule has 1 saturated heterocycles. The first-order valence-corrected chi connectivity index (χ1v) is 11.6. The van der Waals surface area contributed by atoms with Gasteiger partial charge in [0.25, 0.3) is 0 Å². The second-order valence-corrected chi connectivity index (χ2v) is 8.37. The summed E-state index contributed by atoms with van der Waals surface area (Å²) < 4.78 is 17.9. The number of thiocarbonyl (C=S) groups is 1. The average Bonchev–Trinajstić information content (AvgIpc) is 3.47. The maximum atomic E-state index is 12.2. The minimum atomic E-state index is -0.276. The van der Waals surface area contributed by atoms with Gasteiger partial charge in [-0.15, -0.1) is 0 Å². The van der Waals surface area contributed by atoms with Crippen LogP contribution in [0.3, 0.4) is 0 Å². The summed E-state index contributed by atoms with van der Waals surface area (Å²) in [5.74, 6) is 0.263. The zero-order valence-corrected chi connectivity index (χ0v) is 20.7. The molecule has 2 atom stereocenters. The van der Waals surface area contributed by atoms with Gasteiger partial charge in [-0.1, -0.05) is 6.07 Å². The molecule has 0 bridgehead atoms. The summed E-state index contributed by atoms with van der Waals surface area (Å²) in [6, 6.07) is 15.2. The number of anilines is 2. The highest BCUT2D eigenvalue weighted by Gasteiger charge is 2.42. The second-order valence-electron chi connectivity index (χ2n) is 7.98. The Hall–Kier alpha value is -3.47. The molecular weight excluding hydrogens is 466 g/mol. The molecule has 4 rings (SSSR count). The molecule has 10 heteroatoms. The molecule has 0 aliphatic carbocycles. The summed E-state index contributed by atoms with van der Waals surface area (Å²) in [5, 5.41) is 6.88. The van der Waals surface area contributed by atoms with E-state index in [2.05, 4.69) is 31.2 Å². The van der Waals surface area contributed by atoms with Crippen molar-refractivity contribution in [3.8, 4) is 5.75 Å². The lowest BCUT2D eigenvalue weighted by atomic mass is 10.0. The highest BCUT2D eigenvalue weighted by Crippen LogP contribution is 2.43. The standard InChI is InChI=1S/C25H29N5O4S/c1-32-14-13-29-12-6-8-20(29)24-23(18-7-4-5-11-26-18)28-25(35)30(24)17-9-10-21(34-3)19(15-17)27-22(31)16-33-2/h4-12,15,23-24H,13-14,16H2,1-3H3,(H,27,31)(H,28,35)/t23-,24+/m0/s1. The predicted molar refractivity (Wildman–Crippen MR) is 138 cm³/mol. The van der Waals surface area contributed by atoms with Gasteiger partial charge < -0.3 is 34.3 Å². The van der Waals surface area contributed by atoms with Gasteiger partial charge in [-0.3, -0.25) is 9.78 Å². The Kier molecular flexibility index (Phi) is 7.96. The zero-order chi connectivity index (χ0) is 24.8. The van der Waals surface area contributed by atoms with E-state index in [1.807, 2.05) is 48.7 Å². The number of hydrogen-bond donors (Lipinski definition) is 2. The van der Waals surface area contributed by atoms with Gasteiger partial charge in [0.05, 0.1) is 31.1 Å². The monoisotopic (exact) mass is 495 g/mol. The summed E-state index contributed by atoms with van der Waals surface area (Å²) >= 11 is 5.83. The first-order valence-electron chi connectivity index (χ1n) is 11.2. The Morgan fingerprint density at radius 3 is 2.71 bits per heavy atom. The van der Waals surface area contributed by atoms with Crippen molar-refractivity contribution in [2.75, 3.05) is 44.8 Å². The van der Waals surface area contributed by atoms with Gasteiger partial charge >= 0.3 is 0 Å². The third kappa shape index (κ3) is 5.29. The number of nitrogens with one attached hydrogen (secondary N) is 2.